The zero-order valence-corrected chi connectivity index (χ0v) is 14.9. The first-order valence-electron chi connectivity index (χ1n) is 7.82. The van der Waals surface area contributed by atoms with Crippen LogP contribution in [0.1, 0.15) is 43.9 Å². The quantitative estimate of drug-likeness (QED) is 0.791. The molecule has 0 aliphatic carbocycles. The standard InChI is InChI=1S/C18H21FN2O4/c1-11-15(24-10-20-11)16(22)21(14-8-6-13(19)7-9-14)12(2)17(23)25-18(3,4)5/h6-10,12H,1-5H3. The second-order valence-corrected chi connectivity index (χ2v) is 6.63. The molecule has 1 unspecified atom stereocenters. The monoisotopic (exact) mass is 348 g/mol. The van der Waals surface area contributed by atoms with Gasteiger partial charge in [0.2, 0.25) is 5.76 Å². The number of hydrogen-bond acceptors (Lipinski definition) is 5. The lowest BCUT2D eigenvalue weighted by Crippen LogP contribution is -2.46. The summed E-state index contributed by atoms with van der Waals surface area (Å²) in [5.74, 6) is -1.57. The fourth-order valence-electron chi connectivity index (χ4n) is 2.23. The van der Waals surface area contributed by atoms with E-state index in [0.717, 1.165) is 6.39 Å². The lowest BCUT2D eigenvalue weighted by Gasteiger charge is -2.30. The van der Waals surface area contributed by atoms with Crippen LogP contribution in [-0.2, 0) is 9.53 Å². The summed E-state index contributed by atoms with van der Waals surface area (Å²) in [6, 6.07) is 4.32. The number of carbonyl (C=O) groups excluding carboxylic acids is 2. The molecular weight excluding hydrogens is 327 g/mol. The van der Waals surface area contributed by atoms with Crippen LogP contribution >= 0.6 is 0 Å². The molecule has 2 rings (SSSR count). The van der Waals surface area contributed by atoms with E-state index in [1.54, 1.807) is 34.6 Å². The number of hydrogen-bond donors (Lipinski definition) is 0. The molecule has 0 radical (unpaired) electrons. The predicted molar refractivity (Wildman–Crippen MR) is 89.8 cm³/mol. The summed E-state index contributed by atoms with van der Waals surface area (Å²) in [5.41, 5.74) is 0.0411. The van der Waals surface area contributed by atoms with Crippen molar-refractivity contribution in [3.8, 4) is 0 Å². The molecular formula is C18H21FN2O4. The highest BCUT2D eigenvalue weighted by molar-refractivity contribution is 6.08. The number of carbonyl (C=O) groups is 2. The van der Waals surface area contributed by atoms with Crippen LogP contribution in [0.2, 0.25) is 0 Å². The topological polar surface area (TPSA) is 72.6 Å². The van der Waals surface area contributed by atoms with Crippen molar-refractivity contribution < 1.29 is 23.1 Å². The van der Waals surface area contributed by atoms with Gasteiger partial charge in [0.25, 0.3) is 5.91 Å². The third kappa shape index (κ3) is 4.43. The van der Waals surface area contributed by atoms with Gasteiger partial charge in [-0.05, 0) is 58.9 Å². The Balaban J connectivity index is 2.42. The maximum Gasteiger partial charge on any atom is 0.329 e. The number of anilines is 1. The van der Waals surface area contributed by atoms with E-state index < -0.39 is 29.3 Å². The molecule has 2 aromatic rings. The van der Waals surface area contributed by atoms with Gasteiger partial charge in [-0.3, -0.25) is 9.69 Å². The van der Waals surface area contributed by atoms with Crippen LogP contribution in [0.3, 0.4) is 0 Å². The minimum atomic E-state index is -0.943. The Kier molecular flexibility index (Phi) is 5.25. The number of ether oxygens (including phenoxy) is 1. The number of rotatable bonds is 4. The molecule has 0 saturated carbocycles. The first kappa shape index (κ1) is 18.6. The van der Waals surface area contributed by atoms with Crippen LogP contribution in [0.5, 0.6) is 0 Å². The fraction of sp³-hybridized carbons (Fsp3) is 0.389. The second-order valence-electron chi connectivity index (χ2n) is 6.63. The Morgan fingerprint density at radius 2 is 1.84 bits per heavy atom. The predicted octanol–water partition coefficient (Wildman–Crippen LogP) is 3.50. The van der Waals surface area contributed by atoms with Crippen molar-refractivity contribution in [1.82, 2.24) is 4.98 Å². The summed E-state index contributed by atoms with van der Waals surface area (Å²) in [4.78, 5) is 30.5. The zero-order chi connectivity index (χ0) is 18.8. The molecule has 0 saturated heterocycles. The van der Waals surface area contributed by atoms with E-state index >= 15 is 0 Å². The first-order chi connectivity index (χ1) is 11.6. The van der Waals surface area contributed by atoms with Gasteiger partial charge in [-0.2, -0.15) is 0 Å². The van der Waals surface area contributed by atoms with E-state index in [2.05, 4.69) is 4.98 Å². The summed E-state index contributed by atoms with van der Waals surface area (Å²) in [5, 5.41) is 0. The first-order valence-corrected chi connectivity index (χ1v) is 7.82. The summed E-state index contributed by atoms with van der Waals surface area (Å²) >= 11 is 0. The number of esters is 1. The molecule has 1 aromatic heterocycles. The molecule has 25 heavy (non-hydrogen) atoms. The van der Waals surface area contributed by atoms with Crippen LogP contribution in [0, 0.1) is 12.7 Å². The van der Waals surface area contributed by atoms with Crippen molar-refractivity contribution in [3.05, 3.63) is 47.9 Å². The molecule has 0 aliphatic heterocycles. The maximum atomic E-state index is 13.2. The van der Waals surface area contributed by atoms with Gasteiger partial charge in [0.1, 0.15) is 17.5 Å². The van der Waals surface area contributed by atoms with E-state index in [-0.39, 0.29) is 5.76 Å². The van der Waals surface area contributed by atoms with Gasteiger partial charge < -0.3 is 9.15 Å². The van der Waals surface area contributed by atoms with Crippen LogP contribution in [0.4, 0.5) is 10.1 Å². The van der Waals surface area contributed by atoms with Gasteiger partial charge in [-0.1, -0.05) is 0 Å². The molecule has 1 aromatic carbocycles. The molecule has 1 amide bonds. The van der Waals surface area contributed by atoms with Crippen LogP contribution in [0.15, 0.2) is 35.1 Å². The third-order valence-corrected chi connectivity index (χ3v) is 3.40. The van der Waals surface area contributed by atoms with E-state index in [1.807, 2.05) is 0 Å². The smallest absolute Gasteiger partial charge is 0.329 e. The minimum absolute atomic E-state index is 0.0136. The molecule has 6 nitrogen and oxygen atoms in total. The fourth-order valence-corrected chi connectivity index (χ4v) is 2.23. The Morgan fingerprint density at radius 1 is 1.24 bits per heavy atom. The second kappa shape index (κ2) is 7.04. The molecule has 0 fully saturated rings. The van der Waals surface area contributed by atoms with E-state index in [4.69, 9.17) is 9.15 Å². The molecule has 0 aliphatic rings. The van der Waals surface area contributed by atoms with Crippen molar-refractivity contribution in [2.24, 2.45) is 0 Å². The molecule has 134 valence electrons. The third-order valence-electron chi connectivity index (χ3n) is 3.40. The number of halogens is 1. The molecule has 7 heteroatoms. The number of aryl methyl sites for hydroxylation is 1. The highest BCUT2D eigenvalue weighted by atomic mass is 19.1. The Bertz CT molecular complexity index is 762. The zero-order valence-electron chi connectivity index (χ0n) is 14.9. The highest BCUT2D eigenvalue weighted by Gasteiger charge is 2.33. The maximum absolute atomic E-state index is 13.2. The summed E-state index contributed by atoms with van der Waals surface area (Å²) in [6.07, 6.45) is 1.16. The van der Waals surface area contributed by atoms with Crippen LogP contribution in [0.25, 0.3) is 0 Å². The van der Waals surface area contributed by atoms with Crippen molar-refractivity contribution in [2.75, 3.05) is 4.90 Å². The van der Waals surface area contributed by atoms with Gasteiger partial charge in [0.15, 0.2) is 6.39 Å². The number of aromatic nitrogens is 1. The summed E-state index contributed by atoms with van der Waals surface area (Å²) < 4.78 is 23.8. The molecule has 0 spiro atoms. The Morgan fingerprint density at radius 3 is 2.32 bits per heavy atom. The van der Waals surface area contributed by atoms with Gasteiger partial charge in [0.05, 0.1) is 5.69 Å². The van der Waals surface area contributed by atoms with Crippen molar-refractivity contribution in [3.63, 3.8) is 0 Å². The van der Waals surface area contributed by atoms with Gasteiger partial charge >= 0.3 is 5.97 Å². The molecule has 0 N–H and O–H groups in total. The van der Waals surface area contributed by atoms with Gasteiger partial charge in [-0.15, -0.1) is 0 Å². The van der Waals surface area contributed by atoms with Gasteiger partial charge in [-0.25, -0.2) is 14.2 Å². The highest BCUT2D eigenvalue weighted by Crippen LogP contribution is 2.23. The molecule has 0 bridgehead atoms. The largest absolute Gasteiger partial charge is 0.458 e. The van der Waals surface area contributed by atoms with Crippen LogP contribution < -0.4 is 4.90 Å². The number of oxazole rings is 1. The van der Waals surface area contributed by atoms with E-state index in [9.17, 15) is 14.0 Å². The van der Waals surface area contributed by atoms with Crippen LogP contribution in [-0.4, -0.2) is 28.5 Å². The lowest BCUT2D eigenvalue weighted by atomic mass is 10.1. The van der Waals surface area contributed by atoms with Crippen molar-refractivity contribution >= 4 is 17.6 Å². The van der Waals surface area contributed by atoms with Crippen molar-refractivity contribution in [1.29, 1.82) is 0 Å². The number of nitrogens with zero attached hydrogens (tertiary/aromatic N) is 2. The number of benzene rings is 1. The number of amides is 1. The lowest BCUT2D eigenvalue weighted by molar-refractivity contribution is -0.155. The average molecular weight is 348 g/mol. The van der Waals surface area contributed by atoms with Crippen molar-refractivity contribution in [2.45, 2.75) is 46.3 Å². The Labute approximate surface area is 145 Å². The van der Waals surface area contributed by atoms with E-state index in [1.165, 1.54) is 29.2 Å². The Hall–Kier alpha value is -2.70. The average Bonchev–Trinajstić information content (AvgIpc) is 2.93. The van der Waals surface area contributed by atoms with E-state index in [0.29, 0.717) is 11.4 Å². The molecule has 1 heterocycles. The van der Waals surface area contributed by atoms with Gasteiger partial charge in [0, 0.05) is 5.69 Å². The molecule has 1 atom stereocenters. The normalized spacial score (nSPS) is 12.6. The summed E-state index contributed by atoms with van der Waals surface area (Å²) in [6.45, 7) is 8.38. The SMILES string of the molecule is Cc1ncoc1C(=O)N(c1ccc(F)cc1)C(C)C(=O)OC(C)(C)C. The summed E-state index contributed by atoms with van der Waals surface area (Å²) in [7, 11) is 0. The minimum Gasteiger partial charge on any atom is -0.458 e.